The molecule has 0 unspecified atom stereocenters. The Balaban J connectivity index is 1.76. The molecule has 0 bridgehead atoms. The summed E-state index contributed by atoms with van der Waals surface area (Å²) in [5.74, 6) is 0.153. The highest BCUT2D eigenvalue weighted by atomic mass is 32.2. The number of para-hydroxylation sites is 2. The molecule has 2 heterocycles. The Kier molecular flexibility index (Phi) is 5.06. The molecule has 0 spiro atoms. The molecular formula is C16H16N2O4S2. The van der Waals surface area contributed by atoms with E-state index in [4.69, 9.17) is 9.47 Å². The van der Waals surface area contributed by atoms with Gasteiger partial charge in [-0.3, -0.25) is 4.79 Å². The van der Waals surface area contributed by atoms with Crippen molar-refractivity contribution in [3.05, 3.63) is 35.3 Å². The van der Waals surface area contributed by atoms with Crippen molar-refractivity contribution in [2.45, 2.75) is 17.4 Å². The van der Waals surface area contributed by atoms with Gasteiger partial charge >= 0.3 is 5.97 Å². The first-order chi connectivity index (χ1) is 11.6. The lowest BCUT2D eigenvalue weighted by molar-refractivity contribution is -0.148. The zero-order valence-electron chi connectivity index (χ0n) is 13.2. The van der Waals surface area contributed by atoms with E-state index in [1.807, 2.05) is 18.4 Å². The number of carbonyl (C=O) groups excluding carboxylic acids is 2. The van der Waals surface area contributed by atoms with Crippen LogP contribution in [0.5, 0.6) is 5.75 Å². The fourth-order valence-corrected chi connectivity index (χ4v) is 4.05. The number of hydrogen-bond donors (Lipinski definition) is 0. The quantitative estimate of drug-likeness (QED) is 0.613. The van der Waals surface area contributed by atoms with Crippen LogP contribution < -0.4 is 9.64 Å². The summed E-state index contributed by atoms with van der Waals surface area (Å²) in [6.45, 7) is 2.06. The number of hydrogen-bond acceptors (Lipinski definition) is 7. The predicted molar refractivity (Wildman–Crippen MR) is 92.8 cm³/mol. The van der Waals surface area contributed by atoms with Crippen LogP contribution in [0.1, 0.15) is 5.69 Å². The first kappa shape index (κ1) is 16.8. The van der Waals surface area contributed by atoms with Gasteiger partial charge in [-0.1, -0.05) is 23.9 Å². The van der Waals surface area contributed by atoms with Crippen LogP contribution >= 0.6 is 23.1 Å². The van der Waals surface area contributed by atoms with Gasteiger partial charge in [0.2, 0.25) is 12.0 Å². The standard InChI is InChI=1S/C16H16N2O4S2/c1-10-8-23-16(17-10)24-9-14(19)18-7-13(15(20)21-2)22-12-6-4-3-5-11(12)18/h3-6,8,13H,7,9H2,1-2H3/t13-/m0/s1. The molecule has 1 aromatic heterocycles. The van der Waals surface area contributed by atoms with Crippen molar-refractivity contribution < 1.29 is 19.1 Å². The molecule has 0 N–H and O–H groups in total. The van der Waals surface area contributed by atoms with Gasteiger partial charge in [-0.05, 0) is 19.1 Å². The number of aryl methyl sites for hydroxylation is 1. The number of amides is 1. The van der Waals surface area contributed by atoms with Gasteiger partial charge in [-0.2, -0.15) is 0 Å². The average molecular weight is 364 g/mol. The van der Waals surface area contributed by atoms with Crippen molar-refractivity contribution in [2.75, 3.05) is 24.3 Å². The van der Waals surface area contributed by atoms with Crippen LogP contribution in [0.3, 0.4) is 0 Å². The highest BCUT2D eigenvalue weighted by Gasteiger charge is 2.34. The lowest BCUT2D eigenvalue weighted by Crippen LogP contribution is -2.48. The van der Waals surface area contributed by atoms with E-state index < -0.39 is 12.1 Å². The third-order valence-corrected chi connectivity index (χ3v) is 5.58. The van der Waals surface area contributed by atoms with E-state index in [2.05, 4.69) is 4.98 Å². The summed E-state index contributed by atoms with van der Waals surface area (Å²) in [4.78, 5) is 30.4. The van der Waals surface area contributed by atoms with E-state index in [1.54, 1.807) is 23.1 Å². The maximum Gasteiger partial charge on any atom is 0.348 e. The third kappa shape index (κ3) is 3.54. The normalized spacial score (nSPS) is 16.2. The van der Waals surface area contributed by atoms with Crippen LogP contribution in [-0.4, -0.2) is 42.4 Å². The zero-order valence-corrected chi connectivity index (χ0v) is 14.9. The first-order valence-electron chi connectivity index (χ1n) is 7.27. The predicted octanol–water partition coefficient (Wildman–Crippen LogP) is 2.51. The van der Waals surface area contributed by atoms with Crippen LogP contribution in [0.2, 0.25) is 0 Å². The number of rotatable bonds is 4. The van der Waals surface area contributed by atoms with E-state index in [0.717, 1.165) is 10.0 Å². The Labute approximate surface area is 147 Å². The molecule has 1 aliphatic rings. The number of ether oxygens (including phenoxy) is 2. The number of carbonyl (C=O) groups is 2. The van der Waals surface area contributed by atoms with Crippen molar-refractivity contribution in [3.8, 4) is 5.75 Å². The average Bonchev–Trinajstić information content (AvgIpc) is 3.03. The highest BCUT2D eigenvalue weighted by Crippen LogP contribution is 2.34. The number of esters is 1. The van der Waals surface area contributed by atoms with Gasteiger partial charge in [-0.25, -0.2) is 9.78 Å². The summed E-state index contributed by atoms with van der Waals surface area (Å²) >= 11 is 2.91. The molecule has 1 atom stereocenters. The van der Waals surface area contributed by atoms with E-state index in [1.165, 1.54) is 30.2 Å². The van der Waals surface area contributed by atoms with E-state index >= 15 is 0 Å². The van der Waals surface area contributed by atoms with Crippen LogP contribution in [0.15, 0.2) is 34.0 Å². The molecule has 1 amide bonds. The number of benzene rings is 1. The number of thioether (sulfide) groups is 1. The van der Waals surface area contributed by atoms with Crippen LogP contribution in [0.25, 0.3) is 0 Å². The van der Waals surface area contributed by atoms with E-state index in [0.29, 0.717) is 11.4 Å². The van der Waals surface area contributed by atoms with Gasteiger partial charge in [0.15, 0.2) is 4.34 Å². The third-order valence-electron chi connectivity index (χ3n) is 3.46. The van der Waals surface area contributed by atoms with Gasteiger partial charge in [0.05, 0.1) is 25.1 Å². The van der Waals surface area contributed by atoms with Crippen molar-refractivity contribution in [1.29, 1.82) is 0 Å². The molecule has 6 nitrogen and oxygen atoms in total. The molecule has 1 aromatic carbocycles. The molecule has 3 rings (SSSR count). The second-order valence-corrected chi connectivity index (χ2v) is 7.23. The number of nitrogens with zero attached hydrogens (tertiary/aromatic N) is 2. The summed E-state index contributed by atoms with van der Waals surface area (Å²) in [6.07, 6.45) is -0.819. The molecule has 2 aromatic rings. The molecule has 0 radical (unpaired) electrons. The van der Waals surface area contributed by atoms with Gasteiger partial charge in [-0.15, -0.1) is 11.3 Å². The van der Waals surface area contributed by atoms with Crippen LogP contribution in [-0.2, 0) is 14.3 Å². The number of thiazole rings is 1. The number of methoxy groups -OCH3 is 1. The van der Waals surface area contributed by atoms with Gasteiger partial charge in [0.25, 0.3) is 0 Å². The fraction of sp³-hybridized carbons (Fsp3) is 0.312. The summed E-state index contributed by atoms with van der Waals surface area (Å²) < 4.78 is 11.2. The molecule has 126 valence electrons. The van der Waals surface area contributed by atoms with Gasteiger partial charge < -0.3 is 14.4 Å². The number of aromatic nitrogens is 1. The Morgan fingerprint density at radius 3 is 2.96 bits per heavy atom. The monoisotopic (exact) mass is 364 g/mol. The molecule has 0 aliphatic carbocycles. The Morgan fingerprint density at radius 2 is 2.25 bits per heavy atom. The molecule has 0 saturated heterocycles. The highest BCUT2D eigenvalue weighted by molar-refractivity contribution is 8.01. The lowest BCUT2D eigenvalue weighted by Gasteiger charge is -2.33. The summed E-state index contributed by atoms with van der Waals surface area (Å²) in [5.41, 5.74) is 1.61. The second kappa shape index (κ2) is 7.23. The van der Waals surface area contributed by atoms with Crippen molar-refractivity contribution in [3.63, 3.8) is 0 Å². The molecule has 8 heteroatoms. The van der Waals surface area contributed by atoms with Gasteiger partial charge in [0, 0.05) is 11.1 Å². The maximum absolute atomic E-state index is 12.7. The minimum atomic E-state index is -0.819. The second-order valence-electron chi connectivity index (χ2n) is 5.15. The van der Waals surface area contributed by atoms with E-state index in [9.17, 15) is 9.59 Å². The van der Waals surface area contributed by atoms with Crippen molar-refractivity contribution in [1.82, 2.24) is 4.98 Å². The van der Waals surface area contributed by atoms with Crippen LogP contribution in [0.4, 0.5) is 5.69 Å². The zero-order chi connectivity index (χ0) is 17.1. The fourth-order valence-electron chi connectivity index (χ4n) is 2.32. The van der Waals surface area contributed by atoms with Gasteiger partial charge in [0.1, 0.15) is 5.75 Å². The smallest absolute Gasteiger partial charge is 0.348 e. The van der Waals surface area contributed by atoms with Crippen LogP contribution in [0, 0.1) is 6.92 Å². The summed E-state index contributed by atoms with van der Waals surface area (Å²) in [7, 11) is 1.30. The number of fused-ring (bicyclic) bond motifs is 1. The minimum absolute atomic E-state index is 0.0995. The summed E-state index contributed by atoms with van der Waals surface area (Å²) in [6, 6.07) is 7.17. The summed E-state index contributed by atoms with van der Waals surface area (Å²) in [5, 5.41) is 1.95. The first-order valence-corrected chi connectivity index (χ1v) is 9.14. The largest absolute Gasteiger partial charge is 0.475 e. The van der Waals surface area contributed by atoms with Crippen molar-refractivity contribution in [2.24, 2.45) is 0 Å². The Hall–Kier alpha value is -2.06. The topological polar surface area (TPSA) is 68.7 Å². The maximum atomic E-state index is 12.7. The Bertz CT molecular complexity index is 762. The Morgan fingerprint density at radius 1 is 1.46 bits per heavy atom. The van der Waals surface area contributed by atoms with E-state index in [-0.39, 0.29) is 18.2 Å². The molecular weight excluding hydrogens is 348 g/mol. The lowest BCUT2D eigenvalue weighted by atomic mass is 10.2. The SMILES string of the molecule is COC(=O)[C@@H]1CN(C(=O)CSc2nc(C)cs2)c2ccccc2O1. The molecule has 0 saturated carbocycles. The molecule has 0 fully saturated rings. The minimum Gasteiger partial charge on any atom is -0.475 e. The molecule has 24 heavy (non-hydrogen) atoms. The number of anilines is 1. The van der Waals surface area contributed by atoms with Crippen molar-refractivity contribution >= 4 is 40.7 Å². The molecule has 1 aliphatic heterocycles.